The van der Waals surface area contributed by atoms with Crippen LogP contribution in [0.5, 0.6) is 0 Å². The highest BCUT2D eigenvalue weighted by atomic mass is 16.2. The smallest absolute Gasteiger partial charge is 0.246 e. The van der Waals surface area contributed by atoms with Gasteiger partial charge in [-0.2, -0.15) is 0 Å². The Morgan fingerprint density at radius 3 is 2.45 bits per heavy atom. The van der Waals surface area contributed by atoms with Gasteiger partial charge in [0.05, 0.1) is 0 Å². The lowest BCUT2D eigenvalue weighted by Crippen LogP contribution is -2.40. The second-order valence-corrected chi connectivity index (χ2v) is 8.70. The summed E-state index contributed by atoms with van der Waals surface area (Å²) in [6.07, 6.45) is 8.86. The topological polar surface area (TPSA) is 113 Å². The summed E-state index contributed by atoms with van der Waals surface area (Å²) in [4.78, 5) is 59.8. The van der Waals surface area contributed by atoms with Gasteiger partial charge >= 0.3 is 0 Å². The van der Waals surface area contributed by atoms with Crippen LogP contribution in [-0.4, -0.2) is 61.4 Å². The summed E-state index contributed by atoms with van der Waals surface area (Å²) in [7, 11) is 0. The van der Waals surface area contributed by atoms with Gasteiger partial charge in [-0.25, -0.2) is 0 Å². The minimum Gasteiger partial charge on any atom is -0.356 e. The van der Waals surface area contributed by atoms with E-state index in [9.17, 15) is 24.0 Å². The van der Waals surface area contributed by atoms with Crippen LogP contribution in [0.3, 0.4) is 0 Å². The van der Waals surface area contributed by atoms with Crippen LogP contribution in [0.4, 0.5) is 0 Å². The van der Waals surface area contributed by atoms with Gasteiger partial charge in [-0.3, -0.25) is 24.0 Å². The molecule has 3 amide bonds. The molecule has 33 heavy (non-hydrogen) atoms. The maximum absolute atomic E-state index is 12.4. The molecule has 1 heterocycles. The van der Waals surface area contributed by atoms with Gasteiger partial charge in [-0.05, 0) is 49.7 Å². The molecule has 2 aliphatic rings. The second kappa shape index (κ2) is 12.1. The van der Waals surface area contributed by atoms with Crippen molar-refractivity contribution in [2.75, 3.05) is 26.2 Å². The molecule has 8 heteroatoms. The molecule has 1 fully saturated rings. The molecule has 0 unspecified atom stereocenters. The lowest BCUT2D eigenvalue weighted by atomic mass is 9.81. The first-order valence-electron chi connectivity index (χ1n) is 11.5. The van der Waals surface area contributed by atoms with E-state index in [1.165, 1.54) is 0 Å². The van der Waals surface area contributed by atoms with Crippen LogP contribution >= 0.6 is 0 Å². The van der Waals surface area contributed by atoms with Crippen LogP contribution in [0, 0.1) is 11.8 Å². The van der Waals surface area contributed by atoms with Gasteiger partial charge in [0.2, 0.25) is 17.7 Å². The number of amides is 3. The lowest BCUT2D eigenvalue weighted by Gasteiger charge is -2.28. The monoisotopic (exact) mass is 453 g/mol. The molecule has 0 aromatic heterocycles. The standard InChI is InChI=1S/C25H31N3O5/c29-16-21-9-3-18(14-22(21)17-30)6-10-23(31)27-15-19-4-7-20(8-5-19)25(33)26-11-13-28-12-1-2-24(28)32/h1-3,9,14,16-17,19-20H,4-8,10-13,15H2,(H,26,33)(H,27,31). The molecule has 8 nitrogen and oxygen atoms in total. The van der Waals surface area contributed by atoms with Gasteiger partial charge in [-0.1, -0.05) is 18.2 Å². The van der Waals surface area contributed by atoms with Crippen molar-refractivity contribution < 1.29 is 24.0 Å². The zero-order valence-corrected chi connectivity index (χ0v) is 18.8. The molecule has 1 aromatic rings. The van der Waals surface area contributed by atoms with E-state index in [0.717, 1.165) is 31.2 Å². The number of aryl methyl sites for hydroxylation is 1. The average Bonchev–Trinajstić information content (AvgIpc) is 3.25. The third-order valence-corrected chi connectivity index (χ3v) is 6.43. The number of nitrogens with one attached hydrogen (secondary N) is 2. The molecule has 0 saturated heterocycles. The molecule has 1 aliphatic heterocycles. The average molecular weight is 454 g/mol. The van der Waals surface area contributed by atoms with Crippen molar-refractivity contribution >= 4 is 30.3 Å². The SMILES string of the molecule is O=Cc1ccc(CCC(=O)NCC2CCC(C(=O)NCCN3CC=CC3=O)CC2)cc1C=O. The van der Waals surface area contributed by atoms with Gasteiger partial charge < -0.3 is 15.5 Å². The van der Waals surface area contributed by atoms with Crippen molar-refractivity contribution in [3.63, 3.8) is 0 Å². The summed E-state index contributed by atoms with van der Waals surface area (Å²) in [5, 5.41) is 5.92. The van der Waals surface area contributed by atoms with Gasteiger partial charge in [0.1, 0.15) is 0 Å². The highest BCUT2D eigenvalue weighted by Gasteiger charge is 2.26. The fourth-order valence-electron chi connectivity index (χ4n) is 4.36. The van der Waals surface area contributed by atoms with Crippen LogP contribution in [0.1, 0.15) is 58.4 Å². The number of benzene rings is 1. The number of hydrogen-bond donors (Lipinski definition) is 2. The Hall–Kier alpha value is -3.29. The van der Waals surface area contributed by atoms with Gasteiger partial charge in [0.15, 0.2) is 12.6 Å². The first-order chi connectivity index (χ1) is 16.0. The summed E-state index contributed by atoms with van der Waals surface area (Å²) in [6.45, 7) is 2.20. The molecular weight excluding hydrogens is 422 g/mol. The molecule has 1 aliphatic carbocycles. The summed E-state index contributed by atoms with van der Waals surface area (Å²) in [5.41, 5.74) is 1.53. The van der Waals surface area contributed by atoms with E-state index in [1.807, 2.05) is 6.08 Å². The van der Waals surface area contributed by atoms with Gasteiger partial charge in [-0.15, -0.1) is 0 Å². The van der Waals surface area contributed by atoms with Crippen molar-refractivity contribution in [2.45, 2.75) is 38.5 Å². The molecule has 3 rings (SSSR count). The number of carbonyl (C=O) groups is 5. The zero-order chi connectivity index (χ0) is 23.6. The van der Waals surface area contributed by atoms with Gasteiger partial charge in [0, 0.05) is 55.7 Å². The van der Waals surface area contributed by atoms with E-state index in [4.69, 9.17) is 0 Å². The van der Waals surface area contributed by atoms with E-state index in [-0.39, 0.29) is 23.6 Å². The highest BCUT2D eigenvalue weighted by Crippen LogP contribution is 2.28. The van der Waals surface area contributed by atoms with Crippen molar-refractivity contribution in [3.05, 3.63) is 47.0 Å². The Kier molecular flexibility index (Phi) is 8.92. The Morgan fingerprint density at radius 2 is 1.79 bits per heavy atom. The number of rotatable bonds is 11. The predicted octanol–water partition coefficient (Wildman–Crippen LogP) is 1.68. The minimum atomic E-state index is -0.0482. The summed E-state index contributed by atoms with van der Waals surface area (Å²) in [6, 6.07) is 5.01. The summed E-state index contributed by atoms with van der Waals surface area (Å²) < 4.78 is 0. The summed E-state index contributed by atoms with van der Waals surface area (Å²) >= 11 is 0. The van der Waals surface area contributed by atoms with E-state index < -0.39 is 0 Å². The number of carbonyl (C=O) groups excluding carboxylic acids is 5. The molecule has 0 radical (unpaired) electrons. The van der Waals surface area contributed by atoms with Crippen molar-refractivity contribution in [1.82, 2.24) is 15.5 Å². The largest absolute Gasteiger partial charge is 0.356 e. The zero-order valence-electron chi connectivity index (χ0n) is 18.8. The Labute approximate surface area is 193 Å². The van der Waals surface area contributed by atoms with Crippen molar-refractivity contribution in [3.8, 4) is 0 Å². The minimum absolute atomic E-state index is 0.00618. The predicted molar refractivity (Wildman–Crippen MR) is 123 cm³/mol. The van der Waals surface area contributed by atoms with Crippen LogP contribution in [0.2, 0.25) is 0 Å². The first kappa shape index (κ1) is 24.4. The molecule has 0 atom stereocenters. The van der Waals surface area contributed by atoms with E-state index in [0.29, 0.717) is 68.6 Å². The summed E-state index contributed by atoms with van der Waals surface area (Å²) in [5.74, 6) is 0.346. The maximum atomic E-state index is 12.4. The van der Waals surface area contributed by atoms with Crippen molar-refractivity contribution in [2.24, 2.45) is 11.8 Å². The van der Waals surface area contributed by atoms with E-state index in [2.05, 4.69) is 10.6 Å². The maximum Gasteiger partial charge on any atom is 0.246 e. The molecule has 2 N–H and O–H groups in total. The Bertz CT molecular complexity index is 919. The van der Waals surface area contributed by atoms with Gasteiger partial charge in [0.25, 0.3) is 0 Å². The normalized spacial score (nSPS) is 19.9. The second-order valence-electron chi connectivity index (χ2n) is 8.70. The first-order valence-corrected chi connectivity index (χ1v) is 11.5. The quantitative estimate of drug-likeness (QED) is 0.495. The number of nitrogens with zero attached hydrogens (tertiary/aromatic N) is 1. The highest BCUT2D eigenvalue weighted by molar-refractivity contribution is 5.90. The van der Waals surface area contributed by atoms with E-state index in [1.54, 1.807) is 29.2 Å². The van der Waals surface area contributed by atoms with Crippen molar-refractivity contribution in [1.29, 1.82) is 0 Å². The fourth-order valence-corrected chi connectivity index (χ4v) is 4.36. The van der Waals surface area contributed by atoms with Crippen LogP contribution in [0.25, 0.3) is 0 Å². The molecular formula is C25H31N3O5. The molecule has 0 spiro atoms. The molecule has 1 saturated carbocycles. The third-order valence-electron chi connectivity index (χ3n) is 6.43. The number of aldehydes is 2. The molecule has 1 aromatic carbocycles. The lowest BCUT2D eigenvalue weighted by molar-refractivity contribution is -0.128. The molecule has 0 bridgehead atoms. The third kappa shape index (κ3) is 7.10. The number of hydrogen-bond acceptors (Lipinski definition) is 5. The van der Waals surface area contributed by atoms with Crippen LogP contribution < -0.4 is 10.6 Å². The van der Waals surface area contributed by atoms with E-state index >= 15 is 0 Å². The van der Waals surface area contributed by atoms with Crippen LogP contribution in [0.15, 0.2) is 30.4 Å². The molecule has 176 valence electrons. The van der Waals surface area contributed by atoms with Crippen LogP contribution in [-0.2, 0) is 20.8 Å². The Morgan fingerprint density at radius 1 is 1.03 bits per heavy atom. The Balaban J connectivity index is 1.30. The fraction of sp³-hybridized carbons (Fsp3) is 0.480.